The Hall–Kier alpha value is -1.78. The van der Waals surface area contributed by atoms with Crippen molar-refractivity contribution >= 4 is 23.4 Å². The monoisotopic (exact) mass is 301 g/mol. The number of thioether (sulfide) groups is 1. The van der Waals surface area contributed by atoms with Crippen molar-refractivity contribution < 1.29 is 9.90 Å². The van der Waals surface area contributed by atoms with Crippen LogP contribution in [0.4, 0.5) is 5.69 Å². The molecule has 1 amide bonds. The van der Waals surface area contributed by atoms with Crippen molar-refractivity contribution in [3.8, 4) is 0 Å². The van der Waals surface area contributed by atoms with Gasteiger partial charge in [-0.3, -0.25) is 4.79 Å². The van der Waals surface area contributed by atoms with Crippen molar-refractivity contribution in [2.45, 2.75) is 25.3 Å². The fourth-order valence-corrected chi connectivity index (χ4v) is 2.57. The number of hydrogen-bond donors (Lipinski definition) is 2. The van der Waals surface area contributed by atoms with Crippen LogP contribution >= 0.6 is 11.8 Å². The largest absolute Gasteiger partial charge is 0.392 e. The molecule has 0 spiro atoms. The van der Waals surface area contributed by atoms with E-state index in [0.29, 0.717) is 5.75 Å². The zero-order chi connectivity index (χ0) is 15.2. The van der Waals surface area contributed by atoms with Crippen LogP contribution in [-0.4, -0.2) is 16.8 Å². The molecule has 2 aromatic carbocycles. The van der Waals surface area contributed by atoms with Gasteiger partial charge in [0.25, 0.3) is 0 Å². The summed E-state index contributed by atoms with van der Waals surface area (Å²) in [6.45, 7) is 3.95. The summed E-state index contributed by atoms with van der Waals surface area (Å²) in [5, 5.41) is 12.0. The number of anilines is 1. The molecule has 0 fully saturated rings. The molecule has 2 N–H and O–H groups in total. The molecule has 0 atom stereocenters. The van der Waals surface area contributed by atoms with E-state index in [9.17, 15) is 4.79 Å². The molecule has 0 saturated heterocycles. The van der Waals surface area contributed by atoms with Crippen molar-refractivity contribution in [3.63, 3.8) is 0 Å². The maximum atomic E-state index is 12.0. The van der Waals surface area contributed by atoms with Crippen molar-refractivity contribution in [2.75, 3.05) is 11.1 Å². The van der Waals surface area contributed by atoms with E-state index in [1.165, 1.54) is 17.3 Å². The van der Waals surface area contributed by atoms with Gasteiger partial charge in [-0.05, 0) is 43.2 Å². The average molecular weight is 301 g/mol. The molecule has 21 heavy (non-hydrogen) atoms. The van der Waals surface area contributed by atoms with Gasteiger partial charge < -0.3 is 10.4 Å². The van der Waals surface area contributed by atoms with Gasteiger partial charge in [-0.15, -0.1) is 11.8 Å². The Labute approximate surface area is 129 Å². The Balaban J connectivity index is 1.94. The summed E-state index contributed by atoms with van der Waals surface area (Å²) in [5.74, 6) is 0.324. The first-order valence-corrected chi connectivity index (χ1v) is 7.77. The molecule has 0 heterocycles. The minimum absolute atomic E-state index is 0.0265. The van der Waals surface area contributed by atoms with E-state index >= 15 is 0 Å². The summed E-state index contributed by atoms with van der Waals surface area (Å²) < 4.78 is 0. The number of aliphatic hydroxyl groups is 1. The topological polar surface area (TPSA) is 49.3 Å². The van der Waals surface area contributed by atoms with Crippen LogP contribution in [0, 0.1) is 13.8 Å². The van der Waals surface area contributed by atoms with Crippen molar-refractivity contribution in [1.82, 2.24) is 0 Å². The maximum absolute atomic E-state index is 12.0. The summed E-state index contributed by atoms with van der Waals surface area (Å²) in [7, 11) is 0. The van der Waals surface area contributed by atoms with Gasteiger partial charge in [-0.2, -0.15) is 0 Å². The van der Waals surface area contributed by atoms with Crippen LogP contribution in [0.15, 0.2) is 47.4 Å². The molecule has 110 valence electrons. The zero-order valence-electron chi connectivity index (χ0n) is 12.2. The van der Waals surface area contributed by atoms with Crippen LogP contribution in [0.5, 0.6) is 0 Å². The smallest absolute Gasteiger partial charge is 0.234 e. The van der Waals surface area contributed by atoms with E-state index in [0.717, 1.165) is 21.7 Å². The number of rotatable bonds is 5. The number of carbonyl (C=O) groups is 1. The van der Waals surface area contributed by atoms with E-state index in [1.807, 2.05) is 56.3 Å². The lowest BCUT2D eigenvalue weighted by molar-refractivity contribution is -0.113. The van der Waals surface area contributed by atoms with Crippen molar-refractivity contribution in [2.24, 2.45) is 0 Å². The van der Waals surface area contributed by atoms with Crippen LogP contribution in [0.3, 0.4) is 0 Å². The second kappa shape index (κ2) is 7.29. The van der Waals surface area contributed by atoms with Gasteiger partial charge >= 0.3 is 0 Å². The third kappa shape index (κ3) is 4.62. The molecule has 0 unspecified atom stereocenters. The quantitative estimate of drug-likeness (QED) is 0.831. The molecule has 0 aromatic heterocycles. The fraction of sp³-hybridized carbons (Fsp3) is 0.235. The Kier molecular flexibility index (Phi) is 5.42. The summed E-state index contributed by atoms with van der Waals surface area (Å²) in [6, 6.07) is 13.7. The van der Waals surface area contributed by atoms with E-state index in [4.69, 9.17) is 5.11 Å². The Bertz CT molecular complexity index is 623. The molecule has 2 aromatic rings. The van der Waals surface area contributed by atoms with Gasteiger partial charge in [0.1, 0.15) is 0 Å². The standard InChI is InChI=1S/C17H19NO2S/c1-12-3-7-15(8-4-12)21-11-17(20)18-16-9-14(10-19)6-5-13(16)2/h3-9,19H,10-11H2,1-2H3,(H,18,20). The molecular weight excluding hydrogens is 282 g/mol. The Morgan fingerprint density at radius 1 is 1.14 bits per heavy atom. The number of carbonyl (C=O) groups excluding carboxylic acids is 1. The molecule has 0 aliphatic rings. The number of benzene rings is 2. The molecule has 0 aliphatic heterocycles. The van der Waals surface area contributed by atoms with Gasteiger partial charge in [-0.25, -0.2) is 0 Å². The number of hydrogen-bond acceptors (Lipinski definition) is 3. The van der Waals surface area contributed by atoms with Gasteiger partial charge in [-0.1, -0.05) is 29.8 Å². The highest BCUT2D eigenvalue weighted by atomic mass is 32.2. The number of aliphatic hydroxyl groups excluding tert-OH is 1. The number of aryl methyl sites for hydroxylation is 2. The minimum Gasteiger partial charge on any atom is -0.392 e. The molecule has 0 bridgehead atoms. The van der Waals surface area contributed by atoms with Crippen LogP contribution < -0.4 is 5.32 Å². The highest BCUT2D eigenvalue weighted by molar-refractivity contribution is 8.00. The highest BCUT2D eigenvalue weighted by Crippen LogP contribution is 2.20. The second-order valence-electron chi connectivity index (χ2n) is 4.96. The first-order valence-electron chi connectivity index (χ1n) is 6.78. The van der Waals surface area contributed by atoms with Crippen LogP contribution in [0.1, 0.15) is 16.7 Å². The molecular formula is C17H19NO2S. The van der Waals surface area contributed by atoms with Gasteiger partial charge in [0, 0.05) is 10.6 Å². The predicted molar refractivity (Wildman–Crippen MR) is 87.6 cm³/mol. The van der Waals surface area contributed by atoms with E-state index in [2.05, 4.69) is 5.32 Å². The van der Waals surface area contributed by atoms with E-state index < -0.39 is 0 Å². The van der Waals surface area contributed by atoms with Gasteiger partial charge in [0.05, 0.1) is 12.4 Å². The Morgan fingerprint density at radius 2 is 1.86 bits per heavy atom. The molecule has 0 radical (unpaired) electrons. The van der Waals surface area contributed by atoms with Crippen molar-refractivity contribution in [1.29, 1.82) is 0 Å². The molecule has 4 heteroatoms. The first kappa shape index (κ1) is 15.6. The van der Waals surface area contributed by atoms with Crippen LogP contribution in [0.25, 0.3) is 0 Å². The summed E-state index contributed by atoms with van der Waals surface area (Å²) in [4.78, 5) is 13.1. The van der Waals surface area contributed by atoms with Gasteiger partial charge in [0.2, 0.25) is 5.91 Å². The maximum Gasteiger partial charge on any atom is 0.234 e. The lowest BCUT2D eigenvalue weighted by atomic mass is 10.1. The highest BCUT2D eigenvalue weighted by Gasteiger charge is 2.06. The normalized spacial score (nSPS) is 10.4. The van der Waals surface area contributed by atoms with Crippen LogP contribution in [0.2, 0.25) is 0 Å². The predicted octanol–water partition coefficient (Wildman–Crippen LogP) is 3.53. The number of amides is 1. The first-order chi connectivity index (χ1) is 10.1. The third-order valence-corrected chi connectivity index (χ3v) is 4.16. The summed E-state index contributed by atoms with van der Waals surface area (Å²) in [5.41, 5.74) is 3.75. The fourth-order valence-electron chi connectivity index (χ4n) is 1.87. The minimum atomic E-state index is -0.0428. The second-order valence-corrected chi connectivity index (χ2v) is 6.01. The molecule has 0 aliphatic carbocycles. The average Bonchev–Trinajstić information content (AvgIpc) is 2.49. The third-order valence-electron chi connectivity index (χ3n) is 3.15. The van der Waals surface area contributed by atoms with Crippen LogP contribution in [-0.2, 0) is 11.4 Å². The number of nitrogens with one attached hydrogen (secondary N) is 1. The van der Waals surface area contributed by atoms with E-state index in [-0.39, 0.29) is 12.5 Å². The van der Waals surface area contributed by atoms with Crippen molar-refractivity contribution in [3.05, 3.63) is 59.2 Å². The lowest BCUT2D eigenvalue weighted by Gasteiger charge is -2.10. The molecule has 2 rings (SSSR count). The van der Waals surface area contributed by atoms with Gasteiger partial charge in [0.15, 0.2) is 0 Å². The zero-order valence-corrected chi connectivity index (χ0v) is 13.0. The Morgan fingerprint density at radius 3 is 2.52 bits per heavy atom. The molecule has 3 nitrogen and oxygen atoms in total. The molecule has 0 saturated carbocycles. The lowest BCUT2D eigenvalue weighted by Crippen LogP contribution is -2.15. The summed E-state index contributed by atoms with van der Waals surface area (Å²) >= 11 is 1.51. The summed E-state index contributed by atoms with van der Waals surface area (Å²) in [6.07, 6.45) is 0. The SMILES string of the molecule is Cc1ccc(SCC(=O)Nc2cc(CO)ccc2C)cc1. The van der Waals surface area contributed by atoms with E-state index in [1.54, 1.807) is 0 Å².